The minimum absolute atomic E-state index is 0.199. The van der Waals surface area contributed by atoms with Crippen molar-refractivity contribution >= 4 is 15.7 Å². The van der Waals surface area contributed by atoms with Crippen molar-refractivity contribution in [3.8, 4) is 0 Å². The molecule has 0 N–H and O–H groups in total. The van der Waals surface area contributed by atoms with Gasteiger partial charge in [0, 0.05) is 32.9 Å². The highest BCUT2D eigenvalue weighted by molar-refractivity contribution is 7.91. The van der Waals surface area contributed by atoms with Gasteiger partial charge >= 0.3 is 5.76 Å². The van der Waals surface area contributed by atoms with Crippen molar-refractivity contribution < 1.29 is 31.5 Å². The van der Waals surface area contributed by atoms with Gasteiger partial charge in [-0.2, -0.15) is 8.78 Å². The van der Waals surface area contributed by atoms with Gasteiger partial charge in [-0.15, -0.1) is 0 Å². The van der Waals surface area contributed by atoms with Gasteiger partial charge in [0.1, 0.15) is 0 Å². The third kappa shape index (κ3) is 5.22. The van der Waals surface area contributed by atoms with E-state index in [-0.39, 0.29) is 11.5 Å². The number of sulfone groups is 1. The molecule has 0 saturated carbocycles. The molecule has 0 aliphatic heterocycles. The van der Waals surface area contributed by atoms with Gasteiger partial charge in [0.2, 0.25) is 9.84 Å². The Hall–Kier alpha value is -1.58. The summed E-state index contributed by atoms with van der Waals surface area (Å²) in [6, 6.07) is 4.42. The van der Waals surface area contributed by atoms with Crippen LogP contribution in [-0.4, -0.2) is 65.5 Å². The molecule has 0 aliphatic carbocycles. The van der Waals surface area contributed by atoms with Gasteiger partial charge in [-0.1, -0.05) is 0 Å². The maximum Gasteiger partial charge on any atom is 0.341 e. The first-order chi connectivity index (χ1) is 10.8. The molecule has 0 saturated heterocycles. The molecule has 1 aromatic carbocycles. The third-order valence-corrected chi connectivity index (χ3v) is 4.48. The molecule has 9 heteroatoms. The smallest absolute Gasteiger partial charge is 0.341 e. The van der Waals surface area contributed by atoms with Crippen molar-refractivity contribution in [3.63, 3.8) is 0 Å². The number of hydrogen-bond acceptors (Lipinski definition) is 5. The fourth-order valence-corrected chi connectivity index (χ4v) is 2.51. The number of carbonyl (C=O) groups excluding carboxylic acids is 1. The van der Waals surface area contributed by atoms with Crippen molar-refractivity contribution in [1.82, 2.24) is 4.90 Å². The zero-order valence-corrected chi connectivity index (χ0v) is 13.7. The van der Waals surface area contributed by atoms with Crippen molar-refractivity contribution in [2.45, 2.75) is 10.7 Å². The largest absolute Gasteiger partial charge is 0.383 e. The van der Waals surface area contributed by atoms with Crippen LogP contribution in [0.4, 0.5) is 8.78 Å². The molecule has 0 heterocycles. The number of alkyl halides is 2. The van der Waals surface area contributed by atoms with E-state index in [4.69, 9.17) is 9.47 Å². The molecule has 0 spiro atoms. The lowest BCUT2D eigenvalue weighted by Crippen LogP contribution is -2.36. The van der Waals surface area contributed by atoms with E-state index in [9.17, 15) is 22.0 Å². The molecule has 0 aliphatic rings. The lowest BCUT2D eigenvalue weighted by atomic mass is 10.2. The van der Waals surface area contributed by atoms with Crippen LogP contribution in [0.1, 0.15) is 10.4 Å². The number of benzene rings is 1. The second-order valence-corrected chi connectivity index (χ2v) is 6.53. The van der Waals surface area contributed by atoms with E-state index in [0.29, 0.717) is 26.3 Å². The number of halogens is 2. The Kier molecular flexibility index (Phi) is 7.53. The third-order valence-electron chi connectivity index (χ3n) is 3.08. The number of amides is 1. The Morgan fingerprint density at radius 2 is 1.57 bits per heavy atom. The summed E-state index contributed by atoms with van der Waals surface area (Å²) in [5.74, 6) is -3.86. The summed E-state index contributed by atoms with van der Waals surface area (Å²) in [7, 11) is -1.66. The number of ether oxygens (including phenoxy) is 2. The first-order valence-corrected chi connectivity index (χ1v) is 8.28. The summed E-state index contributed by atoms with van der Waals surface area (Å²) in [5, 5.41) is 0. The van der Waals surface area contributed by atoms with Gasteiger partial charge in [0.15, 0.2) is 0 Å². The van der Waals surface area contributed by atoms with E-state index in [2.05, 4.69) is 0 Å². The normalized spacial score (nSPS) is 11.7. The van der Waals surface area contributed by atoms with Gasteiger partial charge in [0.05, 0.1) is 18.1 Å². The Morgan fingerprint density at radius 3 is 1.96 bits per heavy atom. The molecule has 1 aromatic rings. The predicted octanol–water partition coefficient (Wildman–Crippen LogP) is 1.42. The van der Waals surface area contributed by atoms with Crippen LogP contribution in [0.5, 0.6) is 0 Å². The lowest BCUT2D eigenvalue weighted by molar-refractivity contribution is 0.0627. The number of nitrogens with zero attached hydrogens (tertiary/aromatic N) is 1. The number of rotatable bonds is 9. The van der Waals surface area contributed by atoms with E-state index in [1.807, 2.05) is 0 Å². The maximum atomic E-state index is 12.5. The zero-order valence-electron chi connectivity index (χ0n) is 12.9. The van der Waals surface area contributed by atoms with Crippen LogP contribution >= 0.6 is 0 Å². The van der Waals surface area contributed by atoms with E-state index in [1.54, 1.807) is 0 Å². The average molecular weight is 351 g/mol. The van der Waals surface area contributed by atoms with Crippen LogP contribution in [0.3, 0.4) is 0 Å². The van der Waals surface area contributed by atoms with Crippen LogP contribution in [0.2, 0.25) is 0 Å². The summed E-state index contributed by atoms with van der Waals surface area (Å²) < 4.78 is 57.5. The van der Waals surface area contributed by atoms with Gasteiger partial charge in [0.25, 0.3) is 5.91 Å². The van der Waals surface area contributed by atoms with Crippen molar-refractivity contribution in [2.24, 2.45) is 0 Å². The SMILES string of the molecule is COCCN(CCOC)C(=O)c1ccc(S(=O)(=O)C(F)F)cc1. The Bertz CT molecular complexity index is 596. The molecule has 0 aromatic heterocycles. The molecule has 1 rings (SSSR count). The second-order valence-electron chi connectivity index (χ2n) is 4.61. The Morgan fingerprint density at radius 1 is 1.09 bits per heavy atom. The van der Waals surface area contributed by atoms with Crippen LogP contribution in [-0.2, 0) is 19.3 Å². The summed E-state index contributed by atoms with van der Waals surface area (Å²) in [6.07, 6.45) is 0. The van der Waals surface area contributed by atoms with Crippen molar-refractivity contribution in [2.75, 3.05) is 40.5 Å². The first kappa shape index (κ1) is 19.5. The molecule has 0 atom stereocenters. The Balaban J connectivity index is 2.93. The molecule has 0 unspecified atom stereocenters. The fourth-order valence-electron chi connectivity index (χ4n) is 1.79. The second kappa shape index (κ2) is 8.90. The highest BCUT2D eigenvalue weighted by atomic mass is 32.2. The number of methoxy groups -OCH3 is 2. The fraction of sp³-hybridized carbons (Fsp3) is 0.500. The highest BCUT2D eigenvalue weighted by Crippen LogP contribution is 2.19. The highest BCUT2D eigenvalue weighted by Gasteiger charge is 2.26. The topological polar surface area (TPSA) is 72.9 Å². The van der Waals surface area contributed by atoms with Crippen molar-refractivity contribution in [1.29, 1.82) is 0 Å². The molecule has 0 bridgehead atoms. The molecule has 0 fully saturated rings. The Labute approximate surface area is 133 Å². The van der Waals surface area contributed by atoms with Gasteiger partial charge in [-0.3, -0.25) is 4.79 Å². The summed E-state index contributed by atoms with van der Waals surface area (Å²) >= 11 is 0. The van der Waals surface area contributed by atoms with E-state index < -0.39 is 20.5 Å². The number of carbonyl (C=O) groups is 1. The van der Waals surface area contributed by atoms with E-state index in [0.717, 1.165) is 12.1 Å². The molecule has 23 heavy (non-hydrogen) atoms. The zero-order chi connectivity index (χ0) is 17.5. The monoisotopic (exact) mass is 351 g/mol. The molecule has 6 nitrogen and oxygen atoms in total. The molecular weight excluding hydrogens is 332 g/mol. The minimum atomic E-state index is -4.67. The number of hydrogen-bond donors (Lipinski definition) is 0. The van der Waals surface area contributed by atoms with Crippen LogP contribution in [0, 0.1) is 0 Å². The standard InChI is InChI=1S/C14H19F2NO5S/c1-21-9-7-17(8-10-22-2)13(18)11-3-5-12(6-4-11)23(19,20)14(15)16/h3-6,14H,7-10H2,1-2H3. The van der Waals surface area contributed by atoms with Crippen LogP contribution in [0.25, 0.3) is 0 Å². The average Bonchev–Trinajstić information content (AvgIpc) is 2.54. The van der Waals surface area contributed by atoms with Gasteiger partial charge in [-0.05, 0) is 24.3 Å². The predicted molar refractivity (Wildman–Crippen MR) is 79.3 cm³/mol. The van der Waals surface area contributed by atoms with E-state index in [1.165, 1.54) is 31.3 Å². The van der Waals surface area contributed by atoms with Crippen LogP contribution < -0.4 is 0 Å². The maximum absolute atomic E-state index is 12.5. The van der Waals surface area contributed by atoms with Gasteiger partial charge < -0.3 is 14.4 Å². The lowest BCUT2D eigenvalue weighted by Gasteiger charge is -2.22. The molecular formula is C14H19F2NO5S. The summed E-state index contributed by atoms with van der Waals surface area (Å²) in [4.78, 5) is 13.3. The first-order valence-electron chi connectivity index (χ1n) is 6.73. The summed E-state index contributed by atoms with van der Waals surface area (Å²) in [6.45, 7) is 1.31. The minimum Gasteiger partial charge on any atom is -0.383 e. The van der Waals surface area contributed by atoms with Gasteiger partial charge in [-0.25, -0.2) is 8.42 Å². The quantitative estimate of drug-likeness (QED) is 0.673. The summed E-state index contributed by atoms with van der Waals surface area (Å²) in [5.41, 5.74) is 0.199. The molecule has 130 valence electrons. The molecule has 1 amide bonds. The van der Waals surface area contributed by atoms with Crippen molar-refractivity contribution in [3.05, 3.63) is 29.8 Å². The molecule has 0 radical (unpaired) electrons. The van der Waals surface area contributed by atoms with Crippen LogP contribution in [0.15, 0.2) is 29.2 Å². The van der Waals surface area contributed by atoms with E-state index >= 15 is 0 Å².